The molecule has 2 aliphatic carbocycles. The molecule has 2 heteroatoms. The molecule has 2 bridgehead atoms. The van der Waals surface area contributed by atoms with Crippen LogP contribution in [0.25, 0.3) is 0 Å². The molecule has 0 aromatic heterocycles. The summed E-state index contributed by atoms with van der Waals surface area (Å²) < 4.78 is 10.2. The maximum Gasteiger partial charge on any atom is 0.0781 e. The largest absolute Gasteiger partial charge is 0.381 e. The summed E-state index contributed by atoms with van der Waals surface area (Å²) in [6.07, 6.45) is 5.51. The molecule has 0 aromatic carbocycles. The number of ether oxygens (including phenoxy) is 2. The Morgan fingerprint density at radius 3 is 1.76 bits per heavy atom. The third kappa shape index (κ3) is 4.59. The molecular weight excluding hydrogens is 212 g/mol. The lowest BCUT2D eigenvalue weighted by atomic mass is 9.88. The van der Waals surface area contributed by atoms with E-state index in [-0.39, 0.29) is 23.7 Å². The zero-order chi connectivity index (χ0) is 10.1. The highest BCUT2D eigenvalue weighted by Gasteiger charge is 2.45. The molecular formula is C15H36O2. The number of epoxide rings is 1. The molecule has 0 radical (unpaired) electrons. The Kier molecular flexibility index (Phi) is 9.18. The molecule has 3 fully saturated rings. The Morgan fingerprint density at radius 1 is 1.06 bits per heavy atom. The van der Waals surface area contributed by atoms with Gasteiger partial charge < -0.3 is 9.47 Å². The second kappa shape index (κ2) is 8.10. The fourth-order valence-electron chi connectivity index (χ4n) is 3.03. The number of hydrogen-bond acceptors (Lipinski definition) is 2. The summed E-state index contributed by atoms with van der Waals surface area (Å²) in [4.78, 5) is 0. The van der Waals surface area contributed by atoms with Crippen LogP contribution in [0.15, 0.2) is 0 Å². The number of fused-ring (bicyclic) bond motifs is 2. The van der Waals surface area contributed by atoms with Crippen LogP contribution < -0.4 is 0 Å². The maximum absolute atomic E-state index is 5.46. The quantitative estimate of drug-likeness (QED) is 0.631. The van der Waals surface area contributed by atoms with Crippen LogP contribution in [-0.4, -0.2) is 25.9 Å². The van der Waals surface area contributed by atoms with Gasteiger partial charge in [-0.1, -0.05) is 29.2 Å². The van der Waals surface area contributed by atoms with Crippen LogP contribution in [0.3, 0.4) is 0 Å². The highest BCUT2D eigenvalue weighted by atomic mass is 16.6. The van der Waals surface area contributed by atoms with Gasteiger partial charge >= 0.3 is 0 Å². The SMILES string of the molecule is C.C.C.CC1CO1.COC1C2CCC(C2)C1C.[HH]. The molecule has 3 rings (SSSR count). The van der Waals surface area contributed by atoms with E-state index in [0.717, 1.165) is 24.4 Å². The van der Waals surface area contributed by atoms with Crippen molar-refractivity contribution in [1.82, 2.24) is 0 Å². The number of methoxy groups -OCH3 is 1. The summed E-state index contributed by atoms with van der Waals surface area (Å²) in [6.45, 7) is 5.39. The second-order valence-electron chi connectivity index (χ2n) is 5.04. The van der Waals surface area contributed by atoms with Gasteiger partial charge in [0, 0.05) is 8.54 Å². The summed E-state index contributed by atoms with van der Waals surface area (Å²) >= 11 is 0. The summed E-state index contributed by atoms with van der Waals surface area (Å²) in [5, 5.41) is 0. The molecule has 17 heavy (non-hydrogen) atoms. The van der Waals surface area contributed by atoms with Crippen molar-refractivity contribution in [3.05, 3.63) is 0 Å². The molecule has 2 nitrogen and oxygen atoms in total. The van der Waals surface area contributed by atoms with Crippen molar-refractivity contribution in [2.24, 2.45) is 17.8 Å². The van der Waals surface area contributed by atoms with Crippen LogP contribution in [0.5, 0.6) is 0 Å². The maximum atomic E-state index is 5.46. The van der Waals surface area contributed by atoms with Crippen molar-refractivity contribution in [1.29, 1.82) is 0 Å². The van der Waals surface area contributed by atoms with Crippen LogP contribution >= 0.6 is 0 Å². The van der Waals surface area contributed by atoms with E-state index in [1.165, 1.54) is 19.3 Å². The van der Waals surface area contributed by atoms with Gasteiger partial charge in [0.15, 0.2) is 0 Å². The predicted molar refractivity (Wildman–Crippen MR) is 78.5 cm³/mol. The first-order chi connectivity index (χ1) is 6.72. The Bertz CT molecular complexity index is 193. The van der Waals surface area contributed by atoms with E-state index in [1.807, 2.05) is 7.11 Å². The molecule has 0 aromatic rings. The van der Waals surface area contributed by atoms with Gasteiger partial charge in [0.1, 0.15) is 0 Å². The molecule has 0 N–H and O–H groups in total. The molecule has 5 atom stereocenters. The highest BCUT2D eigenvalue weighted by Crippen LogP contribution is 2.49. The standard InChI is InChI=1S/C9H16O.C3H6O.3CH4.H2/c1-6-7-3-4-8(5-7)9(6)10-2;1-3-2-4-3;;;;/h6-9H,3-5H2,1-2H3;3H,2H2,1H3;3*1H4;1H. The zero-order valence-electron chi connectivity index (χ0n) is 9.53. The average molecular weight is 248 g/mol. The van der Waals surface area contributed by atoms with Gasteiger partial charge in [-0.25, -0.2) is 0 Å². The Morgan fingerprint density at radius 2 is 1.53 bits per heavy atom. The van der Waals surface area contributed by atoms with Crippen molar-refractivity contribution >= 4 is 0 Å². The van der Waals surface area contributed by atoms with E-state index in [2.05, 4.69) is 13.8 Å². The zero-order valence-corrected chi connectivity index (χ0v) is 9.53. The minimum Gasteiger partial charge on any atom is -0.381 e. The van der Waals surface area contributed by atoms with Crippen LogP contribution in [0.4, 0.5) is 0 Å². The van der Waals surface area contributed by atoms with Crippen LogP contribution in [-0.2, 0) is 9.47 Å². The minimum absolute atomic E-state index is 0. The first-order valence-corrected chi connectivity index (χ1v) is 5.86. The molecule has 108 valence electrons. The summed E-state index contributed by atoms with van der Waals surface area (Å²) in [5.41, 5.74) is 0. The topological polar surface area (TPSA) is 21.8 Å². The van der Waals surface area contributed by atoms with Gasteiger partial charge in [0.25, 0.3) is 0 Å². The highest BCUT2D eigenvalue weighted by molar-refractivity contribution is 4.95. The van der Waals surface area contributed by atoms with E-state index in [4.69, 9.17) is 9.47 Å². The summed E-state index contributed by atoms with van der Waals surface area (Å²) in [7, 11) is 1.86. The lowest BCUT2D eigenvalue weighted by molar-refractivity contribution is 0.0209. The Hall–Kier alpha value is -0.0800. The average Bonchev–Trinajstić information content (AvgIpc) is 2.74. The van der Waals surface area contributed by atoms with Gasteiger partial charge in [-0.3, -0.25) is 0 Å². The lowest BCUT2D eigenvalue weighted by Gasteiger charge is -2.26. The van der Waals surface area contributed by atoms with E-state index in [1.54, 1.807) is 0 Å². The van der Waals surface area contributed by atoms with Gasteiger partial charge in [-0.05, 0) is 43.9 Å². The minimum atomic E-state index is 0. The smallest absolute Gasteiger partial charge is 0.0781 e. The fraction of sp³-hybridized carbons (Fsp3) is 1.00. The second-order valence-corrected chi connectivity index (χ2v) is 5.04. The van der Waals surface area contributed by atoms with E-state index in [9.17, 15) is 0 Å². The van der Waals surface area contributed by atoms with Gasteiger partial charge in [0.2, 0.25) is 0 Å². The first-order valence-electron chi connectivity index (χ1n) is 5.86. The van der Waals surface area contributed by atoms with Crippen LogP contribution in [0, 0.1) is 17.8 Å². The predicted octanol–water partition coefficient (Wildman–Crippen LogP) is 4.63. The molecule has 0 amide bonds. The Labute approximate surface area is 111 Å². The van der Waals surface area contributed by atoms with Crippen molar-refractivity contribution in [3.63, 3.8) is 0 Å². The summed E-state index contributed by atoms with van der Waals surface area (Å²) in [6, 6.07) is 0. The van der Waals surface area contributed by atoms with E-state index < -0.39 is 0 Å². The van der Waals surface area contributed by atoms with Crippen LogP contribution in [0.2, 0.25) is 0 Å². The van der Waals surface area contributed by atoms with Crippen molar-refractivity contribution in [2.45, 2.75) is 67.6 Å². The van der Waals surface area contributed by atoms with E-state index in [0.29, 0.717) is 12.2 Å². The third-order valence-electron chi connectivity index (χ3n) is 4.01. The molecule has 0 spiro atoms. The van der Waals surface area contributed by atoms with Gasteiger partial charge in [-0.15, -0.1) is 0 Å². The molecule has 1 saturated heterocycles. The van der Waals surface area contributed by atoms with Gasteiger partial charge in [0.05, 0.1) is 18.8 Å². The molecule has 3 aliphatic rings. The lowest BCUT2D eigenvalue weighted by Crippen LogP contribution is -2.26. The molecule has 1 aliphatic heterocycles. The fourth-order valence-corrected chi connectivity index (χ4v) is 3.03. The normalized spacial score (nSPS) is 40.1. The van der Waals surface area contributed by atoms with Crippen molar-refractivity contribution in [2.75, 3.05) is 13.7 Å². The third-order valence-corrected chi connectivity index (χ3v) is 4.01. The van der Waals surface area contributed by atoms with Crippen molar-refractivity contribution < 1.29 is 10.9 Å². The van der Waals surface area contributed by atoms with Gasteiger partial charge in [-0.2, -0.15) is 0 Å². The first kappa shape index (κ1) is 19.3. The summed E-state index contributed by atoms with van der Waals surface area (Å²) in [5.74, 6) is 2.74. The van der Waals surface area contributed by atoms with E-state index >= 15 is 0 Å². The number of rotatable bonds is 1. The van der Waals surface area contributed by atoms with Crippen LogP contribution in [0.1, 0.15) is 56.8 Å². The van der Waals surface area contributed by atoms with Crippen molar-refractivity contribution in [3.8, 4) is 0 Å². The molecule has 1 heterocycles. The Balaban J connectivity index is -0.000000249. The molecule has 2 saturated carbocycles. The molecule has 5 unspecified atom stereocenters. The number of hydrogen-bond donors (Lipinski definition) is 0. The monoisotopic (exact) mass is 248 g/mol.